The maximum Gasteiger partial charge on any atom is 0.111 e. The molecular formula is C54H108N2O12. The summed E-state index contributed by atoms with van der Waals surface area (Å²) in [4.78, 5) is 3.96. The first-order valence-corrected chi connectivity index (χ1v) is 27.6. The Morgan fingerprint density at radius 1 is 0.324 bits per heavy atom. The van der Waals surface area contributed by atoms with Crippen LogP contribution in [0.25, 0.3) is 0 Å². The summed E-state index contributed by atoms with van der Waals surface area (Å²) in [6.45, 7) is 6.72. The highest BCUT2D eigenvalue weighted by Crippen LogP contribution is 2.15. The monoisotopic (exact) mass is 977 g/mol. The van der Waals surface area contributed by atoms with Gasteiger partial charge >= 0.3 is 0 Å². The predicted octanol–water partition coefficient (Wildman–Crippen LogP) is 6.57. The molecule has 68 heavy (non-hydrogen) atoms. The molecule has 0 aliphatic carbocycles. The van der Waals surface area contributed by atoms with Gasteiger partial charge in [0.25, 0.3) is 0 Å². The Balaban J connectivity index is 4.75. The molecule has 0 radical (unpaired) electrons. The van der Waals surface area contributed by atoms with Gasteiger partial charge in [-0.2, -0.15) is 0 Å². The van der Waals surface area contributed by atoms with Gasteiger partial charge in [-0.05, 0) is 77.3 Å². The fraction of sp³-hybridized carbons (Fsp3) is 0.926. The number of unbranched alkanes of at least 4 members (excludes halogenated alkanes) is 24. The van der Waals surface area contributed by atoms with Crippen molar-refractivity contribution in [1.29, 1.82) is 0 Å². The average Bonchev–Trinajstić information content (AvgIpc) is 3.34. The van der Waals surface area contributed by atoms with Crippen LogP contribution in [0.1, 0.15) is 194 Å². The zero-order valence-electron chi connectivity index (χ0n) is 43.4. The van der Waals surface area contributed by atoms with E-state index in [-0.39, 0.29) is 13.1 Å². The van der Waals surface area contributed by atoms with Crippen molar-refractivity contribution in [3.8, 4) is 0 Å². The summed E-state index contributed by atoms with van der Waals surface area (Å²) < 4.78 is 11.7. The molecular weight excluding hydrogens is 869 g/mol. The number of hydrogen-bond acceptors (Lipinski definition) is 14. The van der Waals surface area contributed by atoms with E-state index in [9.17, 15) is 51.1 Å². The second kappa shape index (κ2) is 49.5. The van der Waals surface area contributed by atoms with Gasteiger partial charge in [0.15, 0.2) is 0 Å². The van der Waals surface area contributed by atoms with E-state index in [1.807, 2.05) is 9.80 Å². The Bertz CT molecular complexity index is 1010. The molecule has 0 spiro atoms. The van der Waals surface area contributed by atoms with Crippen LogP contribution in [-0.4, -0.2) is 189 Å². The van der Waals surface area contributed by atoms with Crippen LogP contribution in [0.15, 0.2) is 24.3 Å². The van der Waals surface area contributed by atoms with E-state index < -0.39 is 62.0 Å². The lowest BCUT2D eigenvalue weighted by atomic mass is 10.0. The molecule has 406 valence electrons. The smallest absolute Gasteiger partial charge is 0.111 e. The van der Waals surface area contributed by atoms with E-state index in [0.29, 0.717) is 52.6 Å². The maximum absolute atomic E-state index is 10.7. The number of ether oxygens (including phenoxy) is 2. The van der Waals surface area contributed by atoms with E-state index in [0.717, 1.165) is 64.2 Å². The van der Waals surface area contributed by atoms with Crippen molar-refractivity contribution in [2.45, 2.75) is 242 Å². The van der Waals surface area contributed by atoms with Crippen molar-refractivity contribution in [3.05, 3.63) is 24.3 Å². The molecule has 10 N–H and O–H groups in total. The third-order valence-corrected chi connectivity index (χ3v) is 13.0. The summed E-state index contributed by atoms with van der Waals surface area (Å²) in [6.07, 6.45) is 30.6. The van der Waals surface area contributed by atoms with E-state index in [4.69, 9.17) is 9.47 Å². The largest absolute Gasteiger partial charge is 0.394 e. The van der Waals surface area contributed by atoms with Crippen LogP contribution in [0.5, 0.6) is 0 Å². The lowest BCUT2D eigenvalue weighted by molar-refractivity contribution is -0.120. The zero-order valence-corrected chi connectivity index (χ0v) is 43.4. The molecule has 0 fully saturated rings. The minimum atomic E-state index is -1.68. The number of aliphatic hydroxyl groups is 10. The third kappa shape index (κ3) is 39.5. The second-order valence-corrected chi connectivity index (χ2v) is 19.3. The van der Waals surface area contributed by atoms with Crippen molar-refractivity contribution in [1.82, 2.24) is 9.80 Å². The molecule has 14 heteroatoms. The fourth-order valence-electron chi connectivity index (χ4n) is 8.34. The highest BCUT2D eigenvalue weighted by atomic mass is 16.5. The Hall–Kier alpha value is -1.08. The van der Waals surface area contributed by atoms with Crippen LogP contribution in [0.2, 0.25) is 0 Å². The van der Waals surface area contributed by atoms with Crippen LogP contribution < -0.4 is 0 Å². The quantitative estimate of drug-likeness (QED) is 0.0230. The highest BCUT2D eigenvalue weighted by Gasteiger charge is 2.32. The molecule has 0 aromatic carbocycles. The van der Waals surface area contributed by atoms with Gasteiger partial charge in [0, 0.05) is 26.2 Å². The van der Waals surface area contributed by atoms with Gasteiger partial charge in [0.1, 0.15) is 36.6 Å². The van der Waals surface area contributed by atoms with E-state index in [1.165, 1.54) is 116 Å². The molecule has 0 heterocycles. The minimum absolute atomic E-state index is 0.0602. The fourth-order valence-corrected chi connectivity index (χ4v) is 8.34. The summed E-state index contributed by atoms with van der Waals surface area (Å²) in [7, 11) is 0. The molecule has 0 saturated carbocycles. The molecule has 14 nitrogen and oxygen atoms in total. The van der Waals surface area contributed by atoms with E-state index in [1.54, 1.807) is 0 Å². The Kier molecular flexibility index (Phi) is 48.7. The van der Waals surface area contributed by atoms with Crippen LogP contribution >= 0.6 is 0 Å². The van der Waals surface area contributed by atoms with Gasteiger partial charge in [0.2, 0.25) is 0 Å². The topological polar surface area (TPSA) is 227 Å². The van der Waals surface area contributed by atoms with Crippen molar-refractivity contribution in [2.75, 3.05) is 78.9 Å². The van der Waals surface area contributed by atoms with E-state index in [2.05, 4.69) is 38.2 Å². The lowest BCUT2D eigenvalue weighted by Gasteiger charge is -2.30. The molecule has 0 amide bonds. The molecule has 0 aromatic rings. The van der Waals surface area contributed by atoms with Gasteiger partial charge in [-0.15, -0.1) is 0 Å². The summed E-state index contributed by atoms with van der Waals surface area (Å²) in [6, 6.07) is 0. The molecule has 0 rings (SSSR count). The van der Waals surface area contributed by atoms with Gasteiger partial charge in [-0.3, -0.25) is 9.80 Å². The van der Waals surface area contributed by atoms with E-state index >= 15 is 0 Å². The van der Waals surface area contributed by atoms with Crippen LogP contribution in [-0.2, 0) is 9.47 Å². The lowest BCUT2D eigenvalue weighted by Crippen LogP contribution is -2.50. The number of nitrogens with zero attached hydrogens (tertiary/aromatic N) is 2. The summed E-state index contributed by atoms with van der Waals surface area (Å²) in [5.74, 6) is 0. The Morgan fingerprint density at radius 3 is 0.882 bits per heavy atom. The summed E-state index contributed by atoms with van der Waals surface area (Å²) >= 11 is 0. The maximum atomic E-state index is 10.7. The molecule has 0 unspecified atom stereocenters. The third-order valence-electron chi connectivity index (χ3n) is 13.0. The summed E-state index contributed by atoms with van der Waals surface area (Å²) in [5.41, 5.74) is 0. The summed E-state index contributed by atoms with van der Waals surface area (Å²) in [5, 5.41) is 101. The normalized spacial score (nSPS) is 16.0. The molecule has 8 atom stereocenters. The number of allylic oxidation sites excluding steroid dienone is 4. The Morgan fingerprint density at radius 2 is 0.588 bits per heavy atom. The van der Waals surface area contributed by atoms with Gasteiger partial charge < -0.3 is 60.5 Å². The van der Waals surface area contributed by atoms with Crippen molar-refractivity contribution < 1.29 is 60.5 Å². The first kappa shape index (κ1) is 66.9. The molecule has 0 saturated heterocycles. The first-order valence-electron chi connectivity index (χ1n) is 27.6. The molecule has 0 aliphatic rings. The van der Waals surface area contributed by atoms with Gasteiger partial charge in [-0.25, -0.2) is 0 Å². The van der Waals surface area contributed by atoms with Crippen LogP contribution in [0, 0.1) is 0 Å². The van der Waals surface area contributed by atoms with Gasteiger partial charge in [-0.1, -0.05) is 154 Å². The SMILES string of the molecule is CCCCCCCC/C=C\CCCCCCCCN(CCOCCOCCN(CCCCCCCC/C=C\CCCCCCCC)C[C@@H](O)[C@@H](O)[C@H](O)[C@H](O)CO)C[C@@H](O)[C@@H](O)[C@H](O)[C@H](O)CO. The predicted molar refractivity (Wildman–Crippen MR) is 276 cm³/mol. The Labute approximate surface area is 414 Å². The zero-order chi connectivity index (χ0) is 50.3. The van der Waals surface area contributed by atoms with Crippen LogP contribution in [0.4, 0.5) is 0 Å². The number of aliphatic hydroxyl groups excluding tert-OH is 10. The molecule has 0 aromatic heterocycles. The second-order valence-electron chi connectivity index (χ2n) is 19.3. The molecule has 0 aliphatic heterocycles. The highest BCUT2D eigenvalue weighted by molar-refractivity contribution is 4.85. The molecule has 0 bridgehead atoms. The minimum Gasteiger partial charge on any atom is -0.394 e. The standard InChI is InChI=1S/C54H108N2O12/c1-3-5-7-9-11-13-15-17-19-21-23-25-27-29-31-33-35-55(43-47(59)51(63)53(65)49(61)45-57)37-39-67-41-42-68-40-38-56(44-48(60)52(64)54(66)50(62)46-58)36-34-32-30-28-26-24-22-20-18-16-14-12-10-8-6-4-2/h17-20,47-54,57-66H,3-16,21-46H2,1-2H3/b19-17-,20-18-/t47-,48-,49-,50-,51-,52-,53-,54-/m1/s1. The average molecular weight is 977 g/mol. The van der Waals surface area contributed by atoms with Crippen LogP contribution in [0.3, 0.4) is 0 Å². The first-order chi connectivity index (χ1) is 33.0. The van der Waals surface area contributed by atoms with Gasteiger partial charge in [0.05, 0.1) is 51.8 Å². The number of rotatable bonds is 53. The number of hydrogen-bond donors (Lipinski definition) is 10. The van der Waals surface area contributed by atoms with Crippen molar-refractivity contribution in [3.63, 3.8) is 0 Å². The van der Waals surface area contributed by atoms with Crippen molar-refractivity contribution >= 4 is 0 Å². The van der Waals surface area contributed by atoms with Crippen molar-refractivity contribution in [2.24, 2.45) is 0 Å².